The summed E-state index contributed by atoms with van der Waals surface area (Å²) in [6, 6.07) is 7.42. The fraction of sp³-hybridized carbons (Fsp3) is 0.455. The summed E-state index contributed by atoms with van der Waals surface area (Å²) in [7, 11) is 0. The molecule has 3 heteroatoms. The maximum Gasteiger partial charge on any atom is 0.147 e. The standard InChI is InChI=1S/C11H13IO2/c13-11-5-2-8(3-6-11)9-1-4-10(7-9)12-14/h2-3,5-6,9-10,13H,1,4,7H2. The molecule has 0 amide bonds. The van der Waals surface area contributed by atoms with E-state index in [4.69, 9.17) is 5.11 Å². The van der Waals surface area contributed by atoms with Crippen LogP contribution in [0.15, 0.2) is 24.3 Å². The molecule has 2 unspecified atom stereocenters. The van der Waals surface area contributed by atoms with E-state index >= 15 is 0 Å². The smallest absolute Gasteiger partial charge is 0.147 e. The zero-order valence-electron chi connectivity index (χ0n) is 7.82. The van der Waals surface area contributed by atoms with Crippen molar-refractivity contribution in [3.63, 3.8) is 0 Å². The number of aromatic hydroxyl groups is 1. The van der Waals surface area contributed by atoms with E-state index in [1.165, 1.54) is 5.56 Å². The Labute approximate surface area is 94.0 Å². The van der Waals surface area contributed by atoms with Gasteiger partial charge in [0.15, 0.2) is 0 Å². The fourth-order valence-corrected chi connectivity index (χ4v) is 3.49. The average molecular weight is 304 g/mol. The molecule has 1 N–H and O–H groups in total. The second-order valence-corrected chi connectivity index (χ2v) is 6.06. The van der Waals surface area contributed by atoms with Crippen LogP contribution in [-0.4, -0.2) is 9.03 Å². The van der Waals surface area contributed by atoms with Crippen molar-refractivity contribution < 1.29 is 8.18 Å². The van der Waals surface area contributed by atoms with Gasteiger partial charge in [0, 0.05) is 3.92 Å². The van der Waals surface area contributed by atoms with Gasteiger partial charge in [-0.15, -0.1) is 0 Å². The summed E-state index contributed by atoms with van der Waals surface area (Å²) >= 11 is -0.821. The minimum absolute atomic E-state index is 0.319. The topological polar surface area (TPSA) is 37.3 Å². The highest BCUT2D eigenvalue weighted by Crippen LogP contribution is 2.39. The molecule has 0 aliphatic heterocycles. The predicted molar refractivity (Wildman–Crippen MR) is 63.2 cm³/mol. The van der Waals surface area contributed by atoms with E-state index in [9.17, 15) is 3.07 Å². The SMILES string of the molecule is O=IC1CCC(c2ccc(O)cc2)C1. The molecule has 0 aromatic heterocycles. The molecule has 2 nitrogen and oxygen atoms in total. The lowest BCUT2D eigenvalue weighted by atomic mass is 9.98. The van der Waals surface area contributed by atoms with Gasteiger partial charge in [0.1, 0.15) is 26.9 Å². The van der Waals surface area contributed by atoms with E-state index in [2.05, 4.69) is 0 Å². The number of halogens is 1. The van der Waals surface area contributed by atoms with Gasteiger partial charge in [-0.3, -0.25) is 3.07 Å². The summed E-state index contributed by atoms with van der Waals surface area (Å²) in [5.74, 6) is 0.883. The Balaban J connectivity index is 2.09. The van der Waals surface area contributed by atoms with Gasteiger partial charge in [-0.2, -0.15) is 0 Å². The van der Waals surface area contributed by atoms with Crippen LogP contribution in [0.4, 0.5) is 0 Å². The monoisotopic (exact) mass is 304 g/mol. The lowest BCUT2D eigenvalue weighted by molar-refractivity contribution is 0.475. The van der Waals surface area contributed by atoms with Crippen LogP contribution < -0.4 is 0 Å². The Morgan fingerprint density at radius 1 is 1.21 bits per heavy atom. The van der Waals surface area contributed by atoms with Gasteiger partial charge in [0.25, 0.3) is 0 Å². The lowest BCUT2D eigenvalue weighted by Gasteiger charge is -2.08. The number of benzene rings is 1. The van der Waals surface area contributed by atoms with Crippen molar-refractivity contribution in [2.24, 2.45) is 0 Å². The van der Waals surface area contributed by atoms with Gasteiger partial charge in [-0.25, -0.2) is 0 Å². The first kappa shape index (κ1) is 10.1. The van der Waals surface area contributed by atoms with Crippen LogP contribution in [-0.2, 0) is 3.07 Å². The highest BCUT2D eigenvalue weighted by molar-refractivity contribution is 14.1. The van der Waals surface area contributed by atoms with Gasteiger partial charge >= 0.3 is 0 Å². The van der Waals surface area contributed by atoms with E-state index in [0.717, 1.165) is 19.3 Å². The van der Waals surface area contributed by atoms with Gasteiger partial charge in [0.05, 0.1) is 0 Å². The molecule has 1 aliphatic carbocycles. The van der Waals surface area contributed by atoms with Crippen molar-refractivity contribution in [1.82, 2.24) is 0 Å². The fourth-order valence-electron chi connectivity index (χ4n) is 2.06. The zero-order valence-corrected chi connectivity index (χ0v) is 9.98. The number of hydrogen-bond donors (Lipinski definition) is 1. The van der Waals surface area contributed by atoms with Crippen molar-refractivity contribution in [3.05, 3.63) is 29.8 Å². The summed E-state index contributed by atoms with van der Waals surface area (Å²) in [6.07, 6.45) is 3.33. The molecule has 0 bridgehead atoms. The Hall–Kier alpha value is -0.450. The molecular weight excluding hydrogens is 291 g/mol. The van der Waals surface area contributed by atoms with E-state index in [-0.39, 0.29) is 0 Å². The summed E-state index contributed by atoms with van der Waals surface area (Å²) in [5.41, 5.74) is 1.28. The van der Waals surface area contributed by atoms with Gasteiger partial charge < -0.3 is 5.11 Å². The molecule has 0 heterocycles. The highest BCUT2D eigenvalue weighted by atomic mass is 127. The first-order chi connectivity index (χ1) is 6.79. The van der Waals surface area contributed by atoms with E-state index < -0.39 is 21.2 Å². The molecule has 1 aromatic rings. The Morgan fingerprint density at radius 3 is 2.50 bits per heavy atom. The third kappa shape index (κ3) is 2.13. The molecule has 2 atom stereocenters. The average Bonchev–Trinajstić information content (AvgIpc) is 2.67. The van der Waals surface area contributed by atoms with Crippen molar-refractivity contribution in [1.29, 1.82) is 0 Å². The Kier molecular flexibility index (Phi) is 3.15. The number of phenols is 1. The van der Waals surface area contributed by atoms with Crippen molar-refractivity contribution in [2.75, 3.05) is 0 Å². The van der Waals surface area contributed by atoms with E-state index in [0.29, 0.717) is 15.6 Å². The summed E-state index contributed by atoms with van der Waals surface area (Å²) in [6.45, 7) is 0. The largest absolute Gasteiger partial charge is 0.508 e. The lowest BCUT2D eigenvalue weighted by Crippen LogP contribution is -1.93. The zero-order chi connectivity index (χ0) is 9.97. The van der Waals surface area contributed by atoms with Crippen molar-refractivity contribution in [3.8, 4) is 5.75 Å². The third-order valence-corrected chi connectivity index (χ3v) is 4.71. The van der Waals surface area contributed by atoms with Crippen LogP contribution in [0.1, 0.15) is 30.7 Å². The molecule has 1 saturated carbocycles. The Bertz CT molecular complexity index is 321. The minimum Gasteiger partial charge on any atom is -0.508 e. The van der Waals surface area contributed by atoms with E-state index in [1.54, 1.807) is 12.1 Å². The van der Waals surface area contributed by atoms with Gasteiger partial charge in [-0.05, 0) is 42.9 Å². The molecule has 14 heavy (non-hydrogen) atoms. The van der Waals surface area contributed by atoms with Crippen LogP contribution in [0, 0.1) is 0 Å². The molecule has 76 valence electrons. The quantitative estimate of drug-likeness (QED) is 0.672. The maximum absolute atomic E-state index is 10.8. The van der Waals surface area contributed by atoms with Crippen molar-refractivity contribution in [2.45, 2.75) is 29.1 Å². The molecule has 1 aliphatic rings. The minimum atomic E-state index is -0.821. The van der Waals surface area contributed by atoms with Crippen molar-refractivity contribution >= 4 is 21.2 Å². The number of hydrogen-bond acceptors (Lipinski definition) is 2. The number of phenolic OH excluding ortho intramolecular Hbond substituents is 1. The summed E-state index contributed by atoms with van der Waals surface area (Å²) in [5, 5.41) is 9.15. The molecule has 0 spiro atoms. The maximum atomic E-state index is 10.8. The van der Waals surface area contributed by atoms with Crippen LogP contribution in [0.2, 0.25) is 0 Å². The first-order valence-electron chi connectivity index (χ1n) is 4.84. The first-order valence-corrected chi connectivity index (χ1v) is 6.97. The van der Waals surface area contributed by atoms with Crippen LogP contribution in [0.5, 0.6) is 5.75 Å². The van der Waals surface area contributed by atoms with E-state index in [1.807, 2.05) is 12.1 Å². The normalized spacial score (nSPS) is 26.6. The molecule has 0 saturated heterocycles. The second-order valence-electron chi connectivity index (χ2n) is 3.79. The molecule has 1 fully saturated rings. The third-order valence-electron chi connectivity index (χ3n) is 2.86. The molecule has 0 radical (unpaired) electrons. The molecule has 1 aromatic carbocycles. The molecular formula is C11H13IO2. The van der Waals surface area contributed by atoms with Gasteiger partial charge in [0.2, 0.25) is 0 Å². The highest BCUT2D eigenvalue weighted by Gasteiger charge is 2.25. The summed E-state index contributed by atoms with van der Waals surface area (Å²) < 4.78 is 11.3. The molecule has 2 rings (SSSR count). The summed E-state index contributed by atoms with van der Waals surface area (Å²) in [4.78, 5) is 0. The Morgan fingerprint density at radius 2 is 1.93 bits per heavy atom. The second kappa shape index (κ2) is 4.38. The van der Waals surface area contributed by atoms with Crippen LogP contribution in [0.25, 0.3) is 0 Å². The predicted octanol–water partition coefficient (Wildman–Crippen LogP) is 3.34. The number of rotatable bonds is 2. The number of alkyl halides is 1. The van der Waals surface area contributed by atoms with Crippen LogP contribution in [0.3, 0.4) is 0 Å². The van der Waals surface area contributed by atoms with Crippen LogP contribution >= 0.6 is 21.2 Å². The van der Waals surface area contributed by atoms with Gasteiger partial charge in [-0.1, -0.05) is 12.1 Å².